The molecule has 0 aliphatic carbocycles. The Labute approximate surface area is 206 Å². The van der Waals surface area contributed by atoms with Crippen LogP contribution < -0.4 is 16.0 Å². The highest BCUT2D eigenvalue weighted by Crippen LogP contribution is 2.28. The van der Waals surface area contributed by atoms with Gasteiger partial charge in [0.15, 0.2) is 21.3 Å². The average molecular weight is 503 g/mol. The van der Waals surface area contributed by atoms with Crippen molar-refractivity contribution in [1.82, 2.24) is 25.5 Å². The van der Waals surface area contributed by atoms with Gasteiger partial charge in [-0.05, 0) is 38.1 Å². The summed E-state index contributed by atoms with van der Waals surface area (Å²) < 4.78 is 51.6. The molecule has 0 aliphatic rings. The number of amides is 1. The van der Waals surface area contributed by atoms with Crippen LogP contribution in [-0.2, 0) is 25.0 Å². The molecule has 13 heteroatoms. The summed E-state index contributed by atoms with van der Waals surface area (Å²) in [7, 11) is -3.71. The Kier molecular flexibility index (Phi) is 6.12. The van der Waals surface area contributed by atoms with Crippen LogP contribution in [0.3, 0.4) is 0 Å². The normalized spacial score (nSPS) is 13.1. The number of sulfone groups is 1. The van der Waals surface area contributed by atoms with E-state index in [0.717, 1.165) is 6.26 Å². The Balaban J connectivity index is 1.97. The number of ether oxygens (including phenoxy) is 1. The molecule has 184 valence electrons. The number of nitrogens with zero attached hydrogens (tertiary/aromatic N) is 4. The zero-order valence-electron chi connectivity index (χ0n) is 22.3. The number of carbonyl (C=O) groups is 2. The van der Waals surface area contributed by atoms with E-state index < -0.39 is 40.0 Å². The fraction of sp³-hybridized carbons (Fsp3) is 0.273. The maximum atomic E-state index is 12.6. The summed E-state index contributed by atoms with van der Waals surface area (Å²) in [4.78, 5) is 32.1. The number of hydrogen-bond donors (Lipinski definition) is 3. The molecule has 3 heterocycles. The van der Waals surface area contributed by atoms with Crippen molar-refractivity contribution in [2.24, 2.45) is 0 Å². The van der Waals surface area contributed by atoms with Crippen LogP contribution >= 0.6 is 0 Å². The van der Waals surface area contributed by atoms with E-state index in [0.29, 0.717) is 11.4 Å². The Bertz CT molecular complexity index is 1460. The standard InChI is InChI=1S/C22H25N7O5S/c1-13(30)34-22(2,3)14-8-9-17(25-12-14)27-18-11-15(19(29-28-18)21(31)23-4)26-20-16(35(5,32)33)7-6-10-24-20/h6-12H,1-5H3,(H,23,31)(H2,24,25,26,27,28)/i4D3. The molecular formula is C22H25N7O5S. The third-order valence-corrected chi connectivity index (χ3v) is 5.79. The number of rotatable bonds is 8. The molecule has 0 atom stereocenters. The lowest BCUT2D eigenvalue weighted by molar-refractivity contribution is -0.154. The number of esters is 1. The van der Waals surface area contributed by atoms with Crippen molar-refractivity contribution in [3.8, 4) is 0 Å². The summed E-state index contributed by atoms with van der Waals surface area (Å²) in [5.74, 6) is -1.20. The van der Waals surface area contributed by atoms with Gasteiger partial charge in [-0.25, -0.2) is 18.4 Å². The lowest BCUT2D eigenvalue weighted by atomic mass is 10.0. The highest BCUT2D eigenvalue weighted by Gasteiger charge is 2.24. The van der Waals surface area contributed by atoms with Gasteiger partial charge in [0.25, 0.3) is 5.91 Å². The van der Waals surface area contributed by atoms with E-state index in [1.165, 1.54) is 37.5 Å². The first-order valence-corrected chi connectivity index (χ1v) is 12.0. The topological polar surface area (TPSA) is 165 Å². The van der Waals surface area contributed by atoms with Gasteiger partial charge < -0.3 is 20.7 Å². The molecule has 0 aliphatic heterocycles. The first-order valence-electron chi connectivity index (χ1n) is 11.6. The molecule has 0 saturated carbocycles. The van der Waals surface area contributed by atoms with Crippen molar-refractivity contribution >= 4 is 44.9 Å². The fourth-order valence-electron chi connectivity index (χ4n) is 3.06. The molecule has 0 fully saturated rings. The van der Waals surface area contributed by atoms with Gasteiger partial charge in [0, 0.05) is 48.3 Å². The van der Waals surface area contributed by atoms with Crippen LogP contribution in [0, 0.1) is 0 Å². The summed E-state index contributed by atoms with van der Waals surface area (Å²) in [6, 6.07) is 7.37. The van der Waals surface area contributed by atoms with E-state index in [2.05, 4.69) is 30.8 Å². The first-order chi connectivity index (χ1) is 17.5. The molecule has 0 aromatic carbocycles. The van der Waals surface area contributed by atoms with Crippen LogP contribution in [0.2, 0.25) is 0 Å². The molecule has 0 bridgehead atoms. The van der Waals surface area contributed by atoms with Crippen LogP contribution in [0.4, 0.5) is 23.1 Å². The van der Waals surface area contributed by atoms with Crippen LogP contribution in [0.25, 0.3) is 0 Å². The van der Waals surface area contributed by atoms with E-state index >= 15 is 0 Å². The van der Waals surface area contributed by atoms with Gasteiger partial charge in [-0.3, -0.25) is 9.59 Å². The minimum Gasteiger partial charge on any atom is -0.455 e. The molecule has 3 rings (SSSR count). The van der Waals surface area contributed by atoms with Gasteiger partial charge >= 0.3 is 5.97 Å². The van der Waals surface area contributed by atoms with Gasteiger partial charge in [0.2, 0.25) is 0 Å². The Morgan fingerprint density at radius 1 is 1.09 bits per heavy atom. The van der Waals surface area contributed by atoms with Crippen LogP contribution in [0.1, 0.15) is 40.9 Å². The second-order valence-electron chi connectivity index (χ2n) is 7.85. The van der Waals surface area contributed by atoms with Crippen molar-refractivity contribution in [2.45, 2.75) is 31.3 Å². The number of anilines is 4. The van der Waals surface area contributed by atoms with Crippen molar-refractivity contribution < 1.29 is 26.9 Å². The van der Waals surface area contributed by atoms with Gasteiger partial charge in [0.05, 0.1) is 5.69 Å². The summed E-state index contributed by atoms with van der Waals surface area (Å²) in [6.07, 6.45) is 3.84. The zero-order chi connectivity index (χ0) is 28.3. The molecule has 1 amide bonds. The fourth-order valence-corrected chi connectivity index (χ4v) is 3.84. The maximum absolute atomic E-state index is 12.6. The third kappa shape index (κ3) is 6.26. The molecule has 3 aromatic rings. The predicted molar refractivity (Wildman–Crippen MR) is 128 cm³/mol. The van der Waals surface area contributed by atoms with E-state index in [1.807, 2.05) is 5.32 Å². The largest absolute Gasteiger partial charge is 0.455 e. The molecule has 0 spiro atoms. The molecule has 3 N–H and O–H groups in total. The van der Waals surface area contributed by atoms with Crippen LogP contribution in [0.15, 0.2) is 47.6 Å². The van der Waals surface area contributed by atoms with E-state index in [4.69, 9.17) is 8.85 Å². The molecule has 35 heavy (non-hydrogen) atoms. The number of aromatic nitrogens is 4. The van der Waals surface area contributed by atoms with Gasteiger partial charge in [-0.15, -0.1) is 10.2 Å². The quantitative estimate of drug-likeness (QED) is 0.387. The minimum atomic E-state index is -3.71. The number of carbonyl (C=O) groups excluding carboxylic acids is 2. The predicted octanol–water partition coefficient (Wildman–Crippen LogP) is 2.32. The second kappa shape index (κ2) is 10.0. The van der Waals surface area contributed by atoms with Crippen molar-refractivity contribution in [2.75, 3.05) is 23.9 Å². The summed E-state index contributed by atoms with van der Waals surface area (Å²) in [6.45, 7) is 1.93. The van der Waals surface area contributed by atoms with Gasteiger partial charge in [-0.1, -0.05) is 0 Å². The van der Waals surface area contributed by atoms with Crippen LogP contribution in [-0.4, -0.2) is 53.7 Å². The summed E-state index contributed by atoms with van der Waals surface area (Å²) in [5.41, 5.74) is -0.762. The number of nitrogens with one attached hydrogen (secondary N) is 3. The highest BCUT2D eigenvalue weighted by molar-refractivity contribution is 7.90. The van der Waals surface area contributed by atoms with E-state index in [-0.39, 0.29) is 22.2 Å². The Hall–Kier alpha value is -4.13. The number of hydrogen-bond acceptors (Lipinski definition) is 11. The molecule has 0 radical (unpaired) electrons. The second-order valence-corrected chi connectivity index (χ2v) is 9.84. The monoisotopic (exact) mass is 502 g/mol. The lowest BCUT2D eigenvalue weighted by Crippen LogP contribution is -2.24. The van der Waals surface area contributed by atoms with Gasteiger partial charge in [0.1, 0.15) is 22.1 Å². The molecule has 0 unspecified atom stereocenters. The van der Waals surface area contributed by atoms with E-state index in [1.54, 1.807) is 26.0 Å². The Morgan fingerprint density at radius 2 is 1.86 bits per heavy atom. The van der Waals surface area contributed by atoms with Gasteiger partial charge in [-0.2, -0.15) is 0 Å². The molecule has 0 saturated heterocycles. The zero-order valence-corrected chi connectivity index (χ0v) is 20.1. The number of pyridine rings is 2. The smallest absolute Gasteiger partial charge is 0.303 e. The Morgan fingerprint density at radius 3 is 2.49 bits per heavy atom. The molecule has 12 nitrogen and oxygen atoms in total. The molecular weight excluding hydrogens is 474 g/mol. The SMILES string of the molecule is [2H]C([2H])([2H])NC(=O)c1nnc(Nc2ccc(C(C)(C)OC(C)=O)cn2)cc1Nc1ncccc1S(C)(=O)=O. The van der Waals surface area contributed by atoms with E-state index in [9.17, 15) is 18.0 Å². The first kappa shape index (κ1) is 21.4. The summed E-state index contributed by atoms with van der Waals surface area (Å²) in [5, 5.41) is 15.2. The lowest BCUT2D eigenvalue weighted by Gasteiger charge is -2.24. The van der Waals surface area contributed by atoms with Crippen molar-refractivity contribution in [3.05, 3.63) is 54.0 Å². The maximum Gasteiger partial charge on any atom is 0.303 e. The average Bonchev–Trinajstić information content (AvgIpc) is 2.77. The highest BCUT2D eigenvalue weighted by atomic mass is 32.2. The third-order valence-electron chi connectivity index (χ3n) is 4.66. The van der Waals surface area contributed by atoms with Crippen molar-refractivity contribution in [1.29, 1.82) is 0 Å². The van der Waals surface area contributed by atoms with Crippen LogP contribution in [0.5, 0.6) is 0 Å². The van der Waals surface area contributed by atoms with Crippen molar-refractivity contribution in [3.63, 3.8) is 0 Å². The minimum absolute atomic E-state index is 0.0690. The molecule has 3 aromatic heterocycles. The summed E-state index contributed by atoms with van der Waals surface area (Å²) >= 11 is 0.